The Morgan fingerprint density at radius 1 is 1.27 bits per heavy atom. The Morgan fingerprint density at radius 3 is 2.80 bits per heavy atom. The molecule has 76 valence electrons. The molecule has 15 heavy (non-hydrogen) atoms. The second kappa shape index (κ2) is 4.45. The molecule has 1 aromatic heterocycles. The van der Waals surface area contributed by atoms with Crippen LogP contribution in [0.25, 0.3) is 0 Å². The highest BCUT2D eigenvalue weighted by Crippen LogP contribution is 2.26. The Morgan fingerprint density at radius 2 is 2.13 bits per heavy atom. The maximum atomic E-state index is 5.68. The van der Waals surface area contributed by atoms with Gasteiger partial charge in [-0.05, 0) is 42.8 Å². The van der Waals surface area contributed by atoms with Gasteiger partial charge in [-0.15, -0.1) is 0 Å². The Bertz CT molecular complexity index is 456. The SMILES string of the molecule is Cc1cc(Br)ccc1Oc1cccnc1. The average molecular weight is 264 g/mol. The van der Waals surface area contributed by atoms with Crippen molar-refractivity contribution in [2.45, 2.75) is 6.92 Å². The number of pyridine rings is 1. The van der Waals surface area contributed by atoms with Gasteiger partial charge >= 0.3 is 0 Å². The summed E-state index contributed by atoms with van der Waals surface area (Å²) in [5.74, 6) is 1.61. The molecular formula is C12H10BrNO. The van der Waals surface area contributed by atoms with Gasteiger partial charge in [0.1, 0.15) is 11.5 Å². The van der Waals surface area contributed by atoms with Crippen molar-refractivity contribution in [2.24, 2.45) is 0 Å². The topological polar surface area (TPSA) is 22.1 Å². The van der Waals surface area contributed by atoms with Crippen LogP contribution in [0, 0.1) is 6.92 Å². The number of rotatable bonds is 2. The second-order valence-corrected chi connectivity index (χ2v) is 4.12. The molecule has 0 saturated heterocycles. The van der Waals surface area contributed by atoms with Crippen LogP contribution in [0.5, 0.6) is 11.5 Å². The lowest BCUT2D eigenvalue weighted by Gasteiger charge is -2.07. The van der Waals surface area contributed by atoms with Gasteiger partial charge in [0.25, 0.3) is 0 Å². The molecule has 0 bridgehead atoms. The molecule has 0 radical (unpaired) electrons. The fraction of sp³-hybridized carbons (Fsp3) is 0.0833. The van der Waals surface area contributed by atoms with E-state index < -0.39 is 0 Å². The summed E-state index contributed by atoms with van der Waals surface area (Å²) in [6.45, 7) is 2.01. The summed E-state index contributed by atoms with van der Waals surface area (Å²) >= 11 is 3.41. The maximum absolute atomic E-state index is 5.68. The number of aromatic nitrogens is 1. The first-order valence-corrected chi connectivity index (χ1v) is 5.39. The number of halogens is 1. The first kappa shape index (κ1) is 10.2. The lowest BCUT2D eigenvalue weighted by Crippen LogP contribution is -1.87. The molecule has 0 saturated carbocycles. The zero-order chi connectivity index (χ0) is 10.7. The Balaban J connectivity index is 2.25. The lowest BCUT2D eigenvalue weighted by molar-refractivity contribution is 0.476. The molecule has 0 atom stereocenters. The molecule has 3 heteroatoms. The summed E-state index contributed by atoms with van der Waals surface area (Å²) in [7, 11) is 0. The summed E-state index contributed by atoms with van der Waals surface area (Å²) in [6, 6.07) is 9.65. The van der Waals surface area contributed by atoms with Crippen molar-refractivity contribution in [2.75, 3.05) is 0 Å². The highest BCUT2D eigenvalue weighted by atomic mass is 79.9. The number of nitrogens with zero attached hydrogens (tertiary/aromatic N) is 1. The van der Waals surface area contributed by atoms with Crippen molar-refractivity contribution in [3.63, 3.8) is 0 Å². The maximum Gasteiger partial charge on any atom is 0.145 e. The molecule has 0 aliphatic heterocycles. The predicted molar refractivity (Wildman–Crippen MR) is 63.2 cm³/mol. The standard InChI is InChI=1S/C12H10BrNO/c1-9-7-10(13)4-5-12(9)15-11-3-2-6-14-8-11/h2-8H,1H3. The van der Waals surface area contributed by atoms with Crippen LogP contribution in [-0.4, -0.2) is 4.98 Å². The molecule has 1 heterocycles. The molecule has 2 rings (SSSR count). The molecular weight excluding hydrogens is 254 g/mol. The molecule has 0 unspecified atom stereocenters. The number of aryl methyl sites for hydroxylation is 1. The molecule has 0 amide bonds. The minimum atomic E-state index is 0.753. The van der Waals surface area contributed by atoms with Crippen LogP contribution in [-0.2, 0) is 0 Å². The molecule has 0 spiro atoms. The molecule has 2 aromatic rings. The third kappa shape index (κ3) is 2.57. The Hall–Kier alpha value is -1.35. The zero-order valence-corrected chi connectivity index (χ0v) is 9.86. The van der Waals surface area contributed by atoms with E-state index in [-0.39, 0.29) is 0 Å². The van der Waals surface area contributed by atoms with Crippen LogP contribution in [0.4, 0.5) is 0 Å². The van der Waals surface area contributed by atoms with Gasteiger partial charge in [0, 0.05) is 10.7 Å². The van der Waals surface area contributed by atoms with E-state index in [0.29, 0.717) is 0 Å². The van der Waals surface area contributed by atoms with Crippen LogP contribution in [0.1, 0.15) is 5.56 Å². The van der Waals surface area contributed by atoms with Gasteiger partial charge in [0.2, 0.25) is 0 Å². The first-order valence-electron chi connectivity index (χ1n) is 4.60. The molecule has 2 nitrogen and oxygen atoms in total. The van der Waals surface area contributed by atoms with Crippen LogP contribution in [0.2, 0.25) is 0 Å². The van der Waals surface area contributed by atoms with E-state index in [1.165, 1.54) is 0 Å². The smallest absolute Gasteiger partial charge is 0.145 e. The fourth-order valence-electron chi connectivity index (χ4n) is 1.26. The van der Waals surface area contributed by atoms with Gasteiger partial charge in [0.15, 0.2) is 0 Å². The second-order valence-electron chi connectivity index (χ2n) is 3.20. The third-order valence-corrected chi connectivity index (χ3v) is 2.49. The van der Waals surface area contributed by atoms with E-state index in [1.807, 2.05) is 37.3 Å². The van der Waals surface area contributed by atoms with Crippen LogP contribution in [0.15, 0.2) is 47.2 Å². The average Bonchev–Trinajstić information content (AvgIpc) is 2.24. The largest absolute Gasteiger partial charge is 0.455 e. The van der Waals surface area contributed by atoms with Crippen molar-refractivity contribution in [1.29, 1.82) is 0 Å². The van der Waals surface area contributed by atoms with Crippen molar-refractivity contribution >= 4 is 15.9 Å². The van der Waals surface area contributed by atoms with Crippen LogP contribution < -0.4 is 4.74 Å². The fourth-order valence-corrected chi connectivity index (χ4v) is 1.74. The molecule has 0 aliphatic rings. The van der Waals surface area contributed by atoms with Crippen LogP contribution >= 0.6 is 15.9 Å². The van der Waals surface area contributed by atoms with Crippen molar-refractivity contribution in [3.05, 3.63) is 52.8 Å². The van der Waals surface area contributed by atoms with Gasteiger partial charge in [-0.25, -0.2) is 0 Å². The molecule has 0 aliphatic carbocycles. The van der Waals surface area contributed by atoms with Gasteiger partial charge < -0.3 is 4.74 Å². The van der Waals surface area contributed by atoms with E-state index in [9.17, 15) is 0 Å². The van der Waals surface area contributed by atoms with E-state index in [2.05, 4.69) is 20.9 Å². The van der Waals surface area contributed by atoms with E-state index in [1.54, 1.807) is 12.4 Å². The molecule has 1 aromatic carbocycles. The van der Waals surface area contributed by atoms with Gasteiger partial charge in [-0.3, -0.25) is 4.98 Å². The first-order chi connectivity index (χ1) is 7.25. The van der Waals surface area contributed by atoms with E-state index in [0.717, 1.165) is 21.5 Å². The summed E-state index contributed by atoms with van der Waals surface area (Å²) in [4.78, 5) is 3.99. The normalized spacial score (nSPS) is 10.0. The highest BCUT2D eigenvalue weighted by Gasteiger charge is 2.01. The molecule has 0 N–H and O–H groups in total. The minimum absolute atomic E-state index is 0.753. The van der Waals surface area contributed by atoms with Crippen molar-refractivity contribution < 1.29 is 4.74 Å². The zero-order valence-electron chi connectivity index (χ0n) is 8.27. The minimum Gasteiger partial charge on any atom is -0.455 e. The number of hydrogen-bond acceptors (Lipinski definition) is 2. The summed E-state index contributed by atoms with van der Waals surface area (Å²) < 4.78 is 6.73. The van der Waals surface area contributed by atoms with Gasteiger partial charge in [-0.2, -0.15) is 0 Å². The van der Waals surface area contributed by atoms with E-state index >= 15 is 0 Å². The quantitative estimate of drug-likeness (QED) is 0.819. The van der Waals surface area contributed by atoms with Gasteiger partial charge in [0.05, 0.1) is 6.20 Å². The summed E-state index contributed by atoms with van der Waals surface area (Å²) in [6.07, 6.45) is 3.42. The monoisotopic (exact) mass is 263 g/mol. The van der Waals surface area contributed by atoms with Crippen LogP contribution in [0.3, 0.4) is 0 Å². The van der Waals surface area contributed by atoms with Crippen molar-refractivity contribution in [3.8, 4) is 11.5 Å². The third-order valence-electron chi connectivity index (χ3n) is 2.00. The Kier molecular flexibility index (Phi) is 3.02. The summed E-state index contributed by atoms with van der Waals surface area (Å²) in [5.41, 5.74) is 1.09. The number of benzene rings is 1. The molecule has 0 fully saturated rings. The van der Waals surface area contributed by atoms with Crippen molar-refractivity contribution in [1.82, 2.24) is 4.98 Å². The lowest BCUT2D eigenvalue weighted by atomic mass is 10.2. The predicted octanol–water partition coefficient (Wildman–Crippen LogP) is 3.94. The van der Waals surface area contributed by atoms with Gasteiger partial charge in [-0.1, -0.05) is 15.9 Å². The van der Waals surface area contributed by atoms with E-state index in [4.69, 9.17) is 4.74 Å². The Labute approximate surface area is 97.1 Å². The number of ether oxygens (including phenoxy) is 1. The number of hydrogen-bond donors (Lipinski definition) is 0. The highest BCUT2D eigenvalue weighted by molar-refractivity contribution is 9.10. The summed E-state index contributed by atoms with van der Waals surface area (Å²) in [5, 5.41) is 0.